The van der Waals surface area contributed by atoms with E-state index >= 15 is 0 Å². The second-order valence-electron chi connectivity index (χ2n) is 6.35. The Balaban J connectivity index is 1.72. The first-order chi connectivity index (χ1) is 12.9. The normalized spacial score (nSPS) is 18.1. The average molecular weight is 392 g/mol. The van der Waals surface area contributed by atoms with Crippen LogP contribution < -0.4 is 10.1 Å². The third kappa shape index (κ3) is 4.28. The van der Waals surface area contributed by atoms with Crippen LogP contribution in [0.25, 0.3) is 0 Å². The molecule has 0 saturated carbocycles. The number of nitrogens with one attached hydrogen (secondary N) is 1. The summed E-state index contributed by atoms with van der Waals surface area (Å²) >= 11 is 0. The van der Waals surface area contributed by atoms with E-state index in [0.717, 1.165) is 0 Å². The summed E-state index contributed by atoms with van der Waals surface area (Å²) in [6.07, 6.45) is 1.11. The molecule has 2 aromatic carbocycles. The van der Waals surface area contributed by atoms with Gasteiger partial charge in [0.15, 0.2) is 0 Å². The number of ether oxygens (including phenoxy) is 1. The minimum Gasteiger partial charge on any atom is -0.497 e. The molecule has 1 saturated heterocycles. The molecule has 0 aromatic heterocycles. The van der Waals surface area contributed by atoms with E-state index in [9.17, 15) is 17.6 Å². The lowest BCUT2D eigenvalue weighted by Crippen LogP contribution is -2.43. The zero-order chi connectivity index (χ0) is 19.4. The molecule has 1 N–H and O–H groups in total. The van der Waals surface area contributed by atoms with Gasteiger partial charge in [0.25, 0.3) is 0 Å². The van der Waals surface area contributed by atoms with Crippen molar-refractivity contribution in [2.75, 3.05) is 25.5 Å². The second kappa shape index (κ2) is 8.06. The topological polar surface area (TPSA) is 75.7 Å². The van der Waals surface area contributed by atoms with Crippen molar-refractivity contribution in [3.8, 4) is 5.75 Å². The number of hydrogen-bond acceptors (Lipinski definition) is 4. The number of piperidine rings is 1. The summed E-state index contributed by atoms with van der Waals surface area (Å²) in [4.78, 5) is 12.6. The van der Waals surface area contributed by atoms with Gasteiger partial charge in [0.2, 0.25) is 15.9 Å². The molecule has 2 aromatic rings. The Morgan fingerprint density at radius 2 is 1.89 bits per heavy atom. The molecule has 0 bridgehead atoms. The summed E-state index contributed by atoms with van der Waals surface area (Å²) < 4.78 is 45.8. The van der Waals surface area contributed by atoms with E-state index in [0.29, 0.717) is 25.1 Å². The molecule has 1 atom stereocenters. The van der Waals surface area contributed by atoms with Crippen molar-refractivity contribution in [1.29, 1.82) is 0 Å². The van der Waals surface area contributed by atoms with Gasteiger partial charge in [-0.3, -0.25) is 4.79 Å². The third-order valence-corrected chi connectivity index (χ3v) is 6.46. The number of rotatable bonds is 5. The molecular weight excluding hydrogens is 371 g/mol. The van der Waals surface area contributed by atoms with E-state index in [1.165, 1.54) is 41.7 Å². The van der Waals surface area contributed by atoms with Gasteiger partial charge < -0.3 is 10.1 Å². The smallest absolute Gasteiger partial charge is 0.243 e. The Kier molecular flexibility index (Phi) is 5.76. The van der Waals surface area contributed by atoms with Crippen molar-refractivity contribution in [3.05, 3.63) is 54.3 Å². The molecule has 6 nitrogen and oxygen atoms in total. The number of para-hydroxylation sites is 1. The number of carbonyl (C=O) groups is 1. The fourth-order valence-corrected chi connectivity index (χ4v) is 4.59. The molecule has 1 amide bonds. The predicted octanol–water partition coefficient (Wildman–Crippen LogP) is 2.87. The molecule has 8 heteroatoms. The maximum Gasteiger partial charge on any atom is 0.243 e. The van der Waals surface area contributed by atoms with Crippen LogP contribution in [0.3, 0.4) is 0 Å². The van der Waals surface area contributed by atoms with E-state index in [-0.39, 0.29) is 23.0 Å². The number of nitrogens with zero attached hydrogens (tertiary/aromatic N) is 1. The molecule has 27 heavy (non-hydrogen) atoms. The molecular formula is C19H21FN2O4S. The molecule has 3 rings (SSSR count). The molecule has 1 heterocycles. The molecule has 144 valence electrons. The lowest BCUT2D eigenvalue weighted by Gasteiger charge is -2.31. The lowest BCUT2D eigenvalue weighted by atomic mass is 9.98. The maximum absolute atomic E-state index is 13.7. The van der Waals surface area contributed by atoms with E-state index in [4.69, 9.17) is 4.74 Å². The van der Waals surface area contributed by atoms with Gasteiger partial charge >= 0.3 is 0 Å². The molecule has 0 aliphatic carbocycles. The second-order valence-corrected chi connectivity index (χ2v) is 8.28. The van der Waals surface area contributed by atoms with Gasteiger partial charge in [-0.15, -0.1) is 0 Å². The molecule has 0 spiro atoms. The predicted molar refractivity (Wildman–Crippen MR) is 99.5 cm³/mol. The average Bonchev–Trinajstić information content (AvgIpc) is 2.70. The van der Waals surface area contributed by atoms with Crippen molar-refractivity contribution in [2.45, 2.75) is 17.7 Å². The van der Waals surface area contributed by atoms with Crippen molar-refractivity contribution in [3.63, 3.8) is 0 Å². The van der Waals surface area contributed by atoms with Gasteiger partial charge in [0, 0.05) is 13.1 Å². The van der Waals surface area contributed by atoms with Crippen molar-refractivity contribution < 1.29 is 22.3 Å². The molecule has 1 aliphatic rings. The van der Waals surface area contributed by atoms with Crippen LogP contribution in [0.4, 0.5) is 10.1 Å². The van der Waals surface area contributed by atoms with Crippen molar-refractivity contribution >= 4 is 21.6 Å². The van der Waals surface area contributed by atoms with Crippen molar-refractivity contribution in [1.82, 2.24) is 4.31 Å². The summed E-state index contributed by atoms with van der Waals surface area (Å²) in [5.41, 5.74) is 0.0950. The largest absolute Gasteiger partial charge is 0.497 e. The summed E-state index contributed by atoms with van der Waals surface area (Å²) in [5.74, 6) is -0.875. The van der Waals surface area contributed by atoms with Crippen LogP contribution in [0.1, 0.15) is 12.8 Å². The Morgan fingerprint density at radius 3 is 2.56 bits per heavy atom. The Bertz CT molecular complexity index is 916. The first-order valence-corrected chi connectivity index (χ1v) is 10.1. The quantitative estimate of drug-likeness (QED) is 0.849. The Labute approximate surface area is 158 Å². The number of sulfonamides is 1. The number of halogens is 1. The number of carbonyl (C=O) groups excluding carboxylic acids is 1. The van der Waals surface area contributed by atoms with Gasteiger partial charge in [-0.05, 0) is 49.2 Å². The van der Waals surface area contributed by atoms with E-state index in [1.807, 2.05) is 0 Å². The van der Waals surface area contributed by atoms with Gasteiger partial charge in [-0.2, -0.15) is 4.31 Å². The minimum absolute atomic E-state index is 0.0641. The van der Waals surface area contributed by atoms with E-state index < -0.39 is 21.8 Å². The first kappa shape index (κ1) is 19.3. The number of amides is 1. The van der Waals surface area contributed by atoms with Crippen LogP contribution in [0.5, 0.6) is 5.75 Å². The number of anilines is 1. The van der Waals surface area contributed by atoms with Gasteiger partial charge in [-0.1, -0.05) is 12.1 Å². The Hall–Kier alpha value is -2.45. The number of methoxy groups -OCH3 is 1. The highest BCUT2D eigenvalue weighted by atomic mass is 32.2. The van der Waals surface area contributed by atoms with E-state index in [2.05, 4.69) is 5.32 Å². The highest BCUT2D eigenvalue weighted by Crippen LogP contribution is 2.26. The molecule has 1 fully saturated rings. The standard InChI is InChI=1S/C19H21FN2O4S/c1-26-15-8-10-16(11-9-15)27(24,25)22-12-4-5-14(13-22)19(23)21-18-7-3-2-6-17(18)20/h2-3,6-11,14H,4-5,12-13H2,1H3,(H,21,23)/t14-/m1/s1. The van der Waals surface area contributed by atoms with Crippen LogP contribution in [0.2, 0.25) is 0 Å². The highest BCUT2D eigenvalue weighted by molar-refractivity contribution is 7.89. The number of benzene rings is 2. The van der Waals surface area contributed by atoms with E-state index in [1.54, 1.807) is 18.2 Å². The third-order valence-electron chi connectivity index (χ3n) is 4.58. The van der Waals surface area contributed by atoms with Crippen molar-refractivity contribution in [2.24, 2.45) is 5.92 Å². The lowest BCUT2D eigenvalue weighted by molar-refractivity contribution is -0.120. The molecule has 0 unspecified atom stereocenters. The summed E-state index contributed by atoms with van der Waals surface area (Å²) in [5, 5.41) is 2.55. The van der Waals surface area contributed by atoms with Crippen LogP contribution in [-0.2, 0) is 14.8 Å². The van der Waals surface area contributed by atoms with Crippen LogP contribution in [-0.4, -0.2) is 38.8 Å². The minimum atomic E-state index is -3.71. The van der Waals surface area contributed by atoms with Gasteiger partial charge in [0.1, 0.15) is 11.6 Å². The molecule has 1 aliphatic heterocycles. The molecule has 0 radical (unpaired) electrons. The Morgan fingerprint density at radius 1 is 1.19 bits per heavy atom. The monoisotopic (exact) mass is 392 g/mol. The zero-order valence-corrected chi connectivity index (χ0v) is 15.7. The maximum atomic E-state index is 13.7. The fraction of sp³-hybridized carbons (Fsp3) is 0.316. The van der Waals surface area contributed by atoms with Gasteiger partial charge in [-0.25, -0.2) is 12.8 Å². The summed E-state index contributed by atoms with van der Waals surface area (Å²) in [6.45, 7) is 0.409. The summed E-state index contributed by atoms with van der Waals surface area (Å²) in [7, 11) is -2.20. The zero-order valence-electron chi connectivity index (χ0n) is 14.9. The van der Waals surface area contributed by atoms with Crippen LogP contribution in [0, 0.1) is 11.7 Å². The SMILES string of the molecule is COc1ccc(S(=O)(=O)N2CCC[C@@H](C(=O)Nc3ccccc3F)C2)cc1. The number of hydrogen-bond donors (Lipinski definition) is 1. The summed E-state index contributed by atoms with van der Waals surface area (Å²) in [6, 6.07) is 12.0. The fourth-order valence-electron chi connectivity index (χ4n) is 3.07. The van der Waals surface area contributed by atoms with Gasteiger partial charge in [0.05, 0.1) is 23.6 Å². The highest BCUT2D eigenvalue weighted by Gasteiger charge is 2.33. The van der Waals surface area contributed by atoms with Crippen LogP contribution >= 0.6 is 0 Å². The first-order valence-electron chi connectivity index (χ1n) is 8.61. The van der Waals surface area contributed by atoms with Crippen LogP contribution in [0.15, 0.2) is 53.4 Å².